The summed E-state index contributed by atoms with van der Waals surface area (Å²) in [4.78, 5) is 12.4. The van der Waals surface area contributed by atoms with Crippen molar-refractivity contribution in [3.8, 4) is 17.6 Å². The van der Waals surface area contributed by atoms with E-state index in [1.807, 2.05) is 13.0 Å². The second-order valence-corrected chi connectivity index (χ2v) is 5.88. The van der Waals surface area contributed by atoms with Crippen molar-refractivity contribution in [1.29, 1.82) is 5.26 Å². The van der Waals surface area contributed by atoms with E-state index in [4.69, 9.17) is 32.7 Å². The molecule has 0 bridgehead atoms. The average molecular weight is 391 g/mol. The summed E-state index contributed by atoms with van der Waals surface area (Å²) in [6.45, 7) is 2.29. The van der Waals surface area contributed by atoms with Gasteiger partial charge in [0.15, 0.2) is 11.5 Å². The minimum absolute atomic E-state index is 0.127. The molecule has 134 valence electrons. The summed E-state index contributed by atoms with van der Waals surface area (Å²) in [6.07, 6.45) is 1.38. The van der Waals surface area contributed by atoms with E-state index < -0.39 is 5.91 Å². The first-order valence-electron chi connectivity index (χ1n) is 7.68. The van der Waals surface area contributed by atoms with Gasteiger partial charge in [0.2, 0.25) is 0 Å². The summed E-state index contributed by atoms with van der Waals surface area (Å²) in [7, 11) is 1.49. The van der Waals surface area contributed by atoms with E-state index in [-0.39, 0.29) is 5.57 Å². The van der Waals surface area contributed by atoms with Crippen LogP contribution in [0.1, 0.15) is 12.5 Å². The number of rotatable bonds is 6. The predicted octanol–water partition coefficient (Wildman–Crippen LogP) is 4.95. The predicted molar refractivity (Wildman–Crippen MR) is 103 cm³/mol. The molecule has 0 saturated carbocycles. The van der Waals surface area contributed by atoms with Crippen molar-refractivity contribution in [2.45, 2.75) is 6.92 Å². The molecule has 1 amide bonds. The molecule has 1 N–H and O–H groups in total. The van der Waals surface area contributed by atoms with Crippen LogP contribution in [0, 0.1) is 11.3 Å². The number of nitrogens with zero attached hydrogens (tertiary/aromatic N) is 1. The van der Waals surface area contributed by atoms with Crippen LogP contribution in [0.5, 0.6) is 11.5 Å². The summed E-state index contributed by atoms with van der Waals surface area (Å²) in [5, 5.41) is 12.7. The van der Waals surface area contributed by atoms with Crippen LogP contribution in [0.25, 0.3) is 6.08 Å². The highest BCUT2D eigenvalue weighted by Gasteiger charge is 2.14. The van der Waals surface area contributed by atoms with Crippen LogP contribution in [0.4, 0.5) is 5.69 Å². The molecule has 2 aromatic rings. The molecular weight excluding hydrogens is 375 g/mol. The number of para-hydroxylation sites is 1. The highest BCUT2D eigenvalue weighted by molar-refractivity contribution is 6.34. The molecule has 0 aliphatic rings. The Morgan fingerprint density at radius 1 is 1.23 bits per heavy atom. The number of ether oxygens (including phenoxy) is 2. The molecule has 0 spiro atoms. The van der Waals surface area contributed by atoms with Gasteiger partial charge in [0.1, 0.15) is 11.6 Å². The Morgan fingerprint density at radius 2 is 1.96 bits per heavy atom. The third-order valence-electron chi connectivity index (χ3n) is 3.37. The number of hydrogen-bond donors (Lipinski definition) is 1. The minimum Gasteiger partial charge on any atom is -0.493 e. The van der Waals surface area contributed by atoms with Crippen LogP contribution in [-0.4, -0.2) is 19.6 Å². The number of amides is 1. The third-order valence-corrected chi connectivity index (χ3v) is 4.03. The Labute approximate surface area is 161 Å². The summed E-state index contributed by atoms with van der Waals surface area (Å²) >= 11 is 12.3. The molecule has 0 heterocycles. The summed E-state index contributed by atoms with van der Waals surface area (Å²) in [6, 6.07) is 11.8. The van der Waals surface area contributed by atoms with E-state index in [1.54, 1.807) is 36.4 Å². The van der Waals surface area contributed by atoms with Crippen molar-refractivity contribution in [2.75, 3.05) is 19.0 Å². The fraction of sp³-hybridized carbons (Fsp3) is 0.158. The Kier molecular flexibility index (Phi) is 6.90. The lowest BCUT2D eigenvalue weighted by atomic mass is 10.1. The van der Waals surface area contributed by atoms with E-state index in [2.05, 4.69) is 5.32 Å². The van der Waals surface area contributed by atoms with E-state index >= 15 is 0 Å². The zero-order chi connectivity index (χ0) is 19.1. The summed E-state index contributed by atoms with van der Waals surface area (Å²) in [5.41, 5.74) is 0.742. The molecule has 5 nitrogen and oxygen atoms in total. The summed E-state index contributed by atoms with van der Waals surface area (Å²) < 4.78 is 10.7. The molecule has 7 heteroatoms. The fourth-order valence-electron chi connectivity index (χ4n) is 2.15. The number of methoxy groups -OCH3 is 1. The first-order chi connectivity index (χ1) is 12.5. The Balaban J connectivity index is 2.35. The molecule has 0 saturated heterocycles. The second kappa shape index (κ2) is 9.14. The van der Waals surface area contributed by atoms with Gasteiger partial charge in [0, 0.05) is 6.07 Å². The van der Waals surface area contributed by atoms with E-state index in [0.29, 0.717) is 39.4 Å². The van der Waals surface area contributed by atoms with Gasteiger partial charge in [-0.1, -0.05) is 35.3 Å². The van der Waals surface area contributed by atoms with Crippen molar-refractivity contribution in [1.82, 2.24) is 0 Å². The zero-order valence-corrected chi connectivity index (χ0v) is 15.7. The highest BCUT2D eigenvalue weighted by Crippen LogP contribution is 2.34. The molecule has 0 radical (unpaired) electrons. The molecule has 0 aliphatic heterocycles. The normalized spacial score (nSPS) is 10.8. The van der Waals surface area contributed by atoms with E-state index in [0.717, 1.165) is 0 Å². The van der Waals surface area contributed by atoms with Gasteiger partial charge in [-0.25, -0.2) is 0 Å². The lowest BCUT2D eigenvalue weighted by Gasteiger charge is -2.11. The molecule has 2 rings (SSSR count). The molecule has 26 heavy (non-hydrogen) atoms. The maximum absolute atomic E-state index is 12.4. The van der Waals surface area contributed by atoms with Gasteiger partial charge < -0.3 is 14.8 Å². The maximum atomic E-state index is 12.4. The van der Waals surface area contributed by atoms with Crippen LogP contribution < -0.4 is 14.8 Å². The number of anilines is 1. The first-order valence-corrected chi connectivity index (χ1v) is 8.43. The lowest BCUT2D eigenvalue weighted by molar-refractivity contribution is -0.112. The Morgan fingerprint density at radius 3 is 2.58 bits per heavy atom. The number of benzene rings is 2. The Bertz CT molecular complexity index is 889. The molecule has 2 aromatic carbocycles. The van der Waals surface area contributed by atoms with E-state index in [9.17, 15) is 10.1 Å². The standard InChI is InChI=1S/C19H16Cl2N2O3/c1-3-26-18-10-15(21)12(9-17(18)25-2)8-13(11-22)19(24)23-16-7-5-4-6-14(16)20/h4-10H,3H2,1-2H3,(H,23,24)/b13-8+. The molecule has 0 fully saturated rings. The minimum atomic E-state index is -0.593. The quantitative estimate of drug-likeness (QED) is 0.559. The molecule has 0 unspecified atom stereocenters. The topological polar surface area (TPSA) is 71.3 Å². The highest BCUT2D eigenvalue weighted by atomic mass is 35.5. The van der Waals surface area contributed by atoms with Crippen LogP contribution in [0.15, 0.2) is 42.0 Å². The summed E-state index contributed by atoms with van der Waals surface area (Å²) in [5.74, 6) is 0.340. The van der Waals surface area contributed by atoms with Crippen molar-refractivity contribution >= 4 is 40.9 Å². The van der Waals surface area contributed by atoms with Gasteiger partial charge >= 0.3 is 0 Å². The van der Waals surface area contributed by atoms with Gasteiger partial charge in [0.05, 0.1) is 29.4 Å². The van der Waals surface area contributed by atoms with Crippen LogP contribution >= 0.6 is 23.2 Å². The number of carbonyl (C=O) groups is 1. The largest absolute Gasteiger partial charge is 0.493 e. The number of carbonyl (C=O) groups excluding carboxylic acids is 1. The van der Waals surface area contributed by atoms with Crippen molar-refractivity contribution in [3.63, 3.8) is 0 Å². The van der Waals surface area contributed by atoms with E-state index in [1.165, 1.54) is 13.2 Å². The molecule has 0 aromatic heterocycles. The molecular formula is C19H16Cl2N2O3. The smallest absolute Gasteiger partial charge is 0.266 e. The second-order valence-electron chi connectivity index (χ2n) is 5.06. The van der Waals surface area contributed by atoms with Gasteiger partial charge in [-0.3, -0.25) is 4.79 Å². The van der Waals surface area contributed by atoms with Crippen molar-refractivity contribution in [3.05, 3.63) is 57.6 Å². The van der Waals surface area contributed by atoms with Gasteiger partial charge in [-0.2, -0.15) is 5.26 Å². The van der Waals surface area contributed by atoms with Gasteiger partial charge in [0.25, 0.3) is 5.91 Å². The third kappa shape index (κ3) is 4.69. The van der Waals surface area contributed by atoms with Crippen LogP contribution in [-0.2, 0) is 4.79 Å². The monoisotopic (exact) mass is 390 g/mol. The SMILES string of the molecule is CCOc1cc(Cl)c(/C=C(\C#N)C(=O)Nc2ccccc2Cl)cc1OC. The van der Waals surface area contributed by atoms with Gasteiger partial charge in [-0.05, 0) is 36.8 Å². The average Bonchev–Trinajstić information content (AvgIpc) is 2.63. The Hall–Kier alpha value is -2.68. The van der Waals surface area contributed by atoms with Crippen molar-refractivity contribution < 1.29 is 14.3 Å². The number of nitriles is 1. The number of nitrogens with one attached hydrogen (secondary N) is 1. The van der Waals surface area contributed by atoms with Crippen LogP contribution in [0.2, 0.25) is 10.0 Å². The number of halogens is 2. The number of hydrogen-bond acceptors (Lipinski definition) is 4. The molecule has 0 atom stereocenters. The van der Waals surface area contributed by atoms with Crippen LogP contribution in [0.3, 0.4) is 0 Å². The van der Waals surface area contributed by atoms with Crippen molar-refractivity contribution in [2.24, 2.45) is 0 Å². The maximum Gasteiger partial charge on any atom is 0.266 e. The molecule has 0 aliphatic carbocycles. The zero-order valence-electron chi connectivity index (χ0n) is 14.2. The first kappa shape index (κ1) is 19.6. The lowest BCUT2D eigenvalue weighted by Crippen LogP contribution is -2.13. The van der Waals surface area contributed by atoms with Gasteiger partial charge in [-0.15, -0.1) is 0 Å². The fourth-order valence-corrected chi connectivity index (χ4v) is 2.54.